The Morgan fingerprint density at radius 1 is 0.792 bits per heavy atom. The zero-order valence-electron chi connectivity index (χ0n) is 28.6. The molecule has 0 radical (unpaired) electrons. The van der Waals surface area contributed by atoms with Gasteiger partial charge in [-0.15, -0.1) is 0 Å². The third kappa shape index (κ3) is 6.15. The number of hydrogen-bond acceptors (Lipinski definition) is 14. The molecule has 2 saturated carbocycles. The second-order valence-electron chi connectivity index (χ2n) is 13.7. The SMILES string of the molecule is CC(=O)OC1C[C@@](C)(O)[C@]23OC(C)(C)[C@H](C(OC(C)=O)C(OC(=O)c4ccccc4)[C@]2(COC(=O)C(C)C)C1OC(C)=O)C3OC(C)=O. The average Bonchev–Trinajstić information content (AvgIpc) is 3.16. The van der Waals surface area contributed by atoms with Crippen molar-refractivity contribution in [2.45, 2.75) is 116 Å². The van der Waals surface area contributed by atoms with E-state index in [4.69, 9.17) is 33.2 Å². The molecule has 2 bridgehead atoms. The van der Waals surface area contributed by atoms with E-state index in [0.717, 1.165) is 27.7 Å². The Morgan fingerprint density at radius 2 is 1.33 bits per heavy atom. The van der Waals surface area contributed by atoms with Crippen LogP contribution < -0.4 is 0 Å². The van der Waals surface area contributed by atoms with Gasteiger partial charge in [0.15, 0.2) is 17.8 Å². The fraction of sp³-hybridized carbons (Fsp3) is 0.647. The summed E-state index contributed by atoms with van der Waals surface area (Å²) in [6.45, 7) is 11.4. The van der Waals surface area contributed by atoms with E-state index in [1.165, 1.54) is 19.1 Å². The van der Waals surface area contributed by atoms with E-state index in [0.29, 0.717) is 0 Å². The maximum Gasteiger partial charge on any atom is 0.338 e. The molecule has 3 aliphatic rings. The van der Waals surface area contributed by atoms with Gasteiger partial charge in [0.05, 0.1) is 28.6 Å². The van der Waals surface area contributed by atoms with Gasteiger partial charge in [-0.2, -0.15) is 0 Å². The molecule has 48 heavy (non-hydrogen) atoms. The molecule has 1 aromatic carbocycles. The third-order valence-corrected chi connectivity index (χ3v) is 9.42. The van der Waals surface area contributed by atoms with Gasteiger partial charge in [-0.3, -0.25) is 24.0 Å². The standard InChI is InChI=1S/C34H44O14/c1-17(2)29(39)42-16-33-26(45-20(5)37)23(43-18(3)35)15-32(9,41)34(33)27(46-21(6)38)24(31(7,8)48-34)25(44-19(4)36)28(33)47-30(40)22-13-11-10-12-14-22/h10-14,17,23-28,41H,15-16H2,1-9H3/t23?,24-,25?,26?,27?,28?,32-,33+,34+/m1/s1. The number of benzene rings is 1. The fourth-order valence-corrected chi connectivity index (χ4v) is 7.95. The monoisotopic (exact) mass is 676 g/mol. The molecule has 14 nitrogen and oxygen atoms in total. The molecule has 3 fully saturated rings. The van der Waals surface area contributed by atoms with Crippen LogP contribution in [0.4, 0.5) is 0 Å². The van der Waals surface area contributed by atoms with Crippen LogP contribution in [-0.4, -0.2) is 94.9 Å². The second kappa shape index (κ2) is 13.1. The van der Waals surface area contributed by atoms with Gasteiger partial charge in [-0.1, -0.05) is 32.0 Å². The topological polar surface area (TPSA) is 187 Å². The molecule has 0 aromatic heterocycles. The van der Waals surface area contributed by atoms with Crippen molar-refractivity contribution in [3.05, 3.63) is 35.9 Å². The van der Waals surface area contributed by atoms with E-state index in [1.54, 1.807) is 45.9 Å². The minimum atomic E-state index is -2.26. The number of carbonyl (C=O) groups excluding carboxylic acids is 6. The summed E-state index contributed by atoms with van der Waals surface area (Å²) in [5.41, 5.74) is -7.97. The van der Waals surface area contributed by atoms with Crippen LogP contribution in [0.2, 0.25) is 0 Å². The summed E-state index contributed by atoms with van der Waals surface area (Å²) >= 11 is 0. The number of ether oxygens (including phenoxy) is 7. The summed E-state index contributed by atoms with van der Waals surface area (Å²) in [7, 11) is 0. The van der Waals surface area contributed by atoms with Crippen molar-refractivity contribution < 1.29 is 67.0 Å². The lowest BCUT2D eigenvalue weighted by Crippen LogP contribution is -2.85. The highest BCUT2D eigenvalue weighted by atomic mass is 16.7. The van der Waals surface area contributed by atoms with E-state index < -0.39 is 113 Å². The molecular formula is C34H44O14. The molecule has 1 aliphatic heterocycles. The molecule has 4 rings (SSSR count). The maximum atomic E-state index is 14.0. The third-order valence-electron chi connectivity index (χ3n) is 9.42. The van der Waals surface area contributed by atoms with Gasteiger partial charge >= 0.3 is 35.8 Å². The first-order valence-corrected chi connectivity index (χ1v) is 15.8. The van der Waals surface area contributed by atoms with Crippen LogP contribution >= 0.6 is 0 Å². The summed E-state index contributed by atoms with van der Waals surface area (Å²) in [6, 6.07) is 7.83. The number of aliphatic hydroxyl groups is 1. The highest BCUT2D eigenvalue weighted by Gasteiger charge is 2.89. The number of carbonyl (C=O) groups is 6. The molecule has 5 unspecified atom stereocenters. The zero-order valence-corrected chi connectivity index (χ0v) is 28.6. The molecule has 9 atom stereocenters. The lowest BCUT2D eigenvalue weighted by molar-refractivity contribution is -0.363. The van der Waals surface area contributed by atoms with Crippen molar-refractivity contribution in [2.24, 2.45) is 17.3 Å². The van der Waals surface area contributed by atoms with Crippen LogP contribution in [0.5, 0.6) is 0 Å². The number of rotatable bonds is 9. The largest absolute Gasteiger partial charge is 0.464 e. The number of esters is 6. The summed E-state index contributed by atoms with van der Waals surface area (Å²) in [5.74, 6) is -6.78. The van der Waals surface area contributed by atoms with Gasteiger partial charge in [0.1, 0.15) is 30.3 Å². The Hall–Kier alpha value is -4.04. The first kappa shape index (κ1) is 36.8. The van der Waals surface area contributed by atoms with E-state index in [2.05, 4.69) is 0 Å². The Bertz CT molecular complexity index is 1450. The second-order valence-corrected chi connectivity index (χ2v) is 13.7. The number of fused-ring (bicyclic) bond motifs is 1. The van der Waals surface area contributed by atoms with Crippen molar-refractivity contribution in [1.82, 2.24) is 0 Å². The molecule has 14 heteroatoms. The van der Waals surface area contributed by atoms with Crippen molar-refractivity contribution in [2.75, 3.05) is 6.61 Å². The Kier molecular flexibility index (Phi) is 10.0. The molecule has 1 N–H and O–H groups in total. The lowest BCUT2D eigenvalue weighted by Gasteiger charge is -2.66. The predicted octanol–water partition coefficient (Wildman–Crippen LogP) is 2.46. The first-order valence-electron chi connectivity index (χ1n) is 15.8. The summed E-state index contributed by atoms with van der Waals surface area (Å²) in [5, 5.41) is 12.6. The minimum absolute atomic E-state index is 0.0835. The van der Waals surface area contributed by atoms with Gasteiger partial charge < -0.3 is 38.3 Å². The average molecular weight is 677 g/mol. The highest BCUT2D eigenvalue weighted by Crippen LogP contribution is 2.69. The Morgan fingerprint density at radius 3 is 1.85 bits per heavy atom. The van der Waals surface area contributed by atoms with Gasteiger partial charge in [0.25, 0.3) is 0 Å². The molecule has 2 aliphatic carbocycles. The maximum absolute atomic E-state index is 14.0. The van der Waals surface area contributed by atoms with Crippen LogP contribution in [0.1, 0.15) is 79.1 Å². The van der Waals surface area contributed by atoms with Gasteiger partial charge in [-0.25, -0.2) is 4.79 Å². The van der Waals surface area contributed by atoms with Crippen LogP contribution in [0.3, 0.4) is 0 Å². The smallest absolute Gasteiger partial charge is 0.338 e. The summed E-state index contributed by atoms with van der Waals surface area (Å²) in [6.07, 6.45) is -8.32. The van der Waals surface area contributed by atoms with Gasteiger partial charge in [0, 0.05) is 34.1 Å². The van der Waals surface area contributed by atoms with Crippen molar-refractivity contribution in [3.8, 4) is 0 Å². The summed E-state index contributed by atoms with van der Waals surface area (Å²) < 4.78 is 42.5. The van der Waals surface area contributed by atoms with Crippen LogP contribution in [0, 0.1) is 17.3 Å². The Balaban J connectivity index is 2.18. The molecule has 0 amide bonds. The lowest BCUT2D eigenvalue weighted by atomic mass is 9.45. The highest BCUT2D eigenvalue weighted by molar-refractivity contribution is 5.89. The van der Waals surface area contributed by atoms with Crippen LogP contribution in [0.15, 0.2) is 30.3 Å². The quantitative estimate of drug-likeness (QED) is 0.297. The van der Waals surface area contributed by atoms with Crippen LogP contribution in [-0.2, 0) is 57.1 Å². The molecule has 1 spiro atoms. The molecule has 264 valence electrons. The van der Waals surface area contributed by atoms with E-state index >= 15 is 0 Å². The summed E-state index contributed by atoms with van der Waals surface area (Å²) in [4.78, 5) is 78.3. The van der Waals surface area contributed by atoms with Gasteiger partial charge in [0.2, 0.25) is 0 Å². The number of hydrogen-bond donors (Lipinski definition) is 1. The molecule has 1 aromatic rings. The van der Waals surface area contributed by atoms with E-state index in [-0.39, 0.29) is 5.56 Å². The van der Waals surface area contributed by atoms with Crippen molar-refractivity contribution >= 4 is 35.8 Å². The Labute approximate surface area is 278 Å². The molecular weight excluding hydrogens is 632 g/mol. The fourth-order valence-electron chi connectivity index (χ4n) is 7.95. The van der Waals surface area contributed by atoms with E-state index in [9.17, 15) is 33.9 Å². The van der Waals surface area contributed by atoms with Crippen molar-refractivity contribution in [1.29, 1.82) is 0 Å². The van der Waals surface area contributed by atoms with Crippen LogP contribution in [0.25, 0.3) is 0 Å². The first-order chi connectivity index (χ1) is 22.2. The minimum Gasteiger partial charge on any atom is -0.464 e. The molecule has 1 heterocycles. The zero-order chi connectivity index (χ0) is 36.0. The van der Waals surface area contributed by atoms with E-state index in [1.807, 2.05) is 0 Å². The van der Waals surface area contributed by atoms with Crippen molar-refractivity contribution in [3.63, 3.8) is 0 Å². The molecule has 1 saturated heterocycles. The normalized spacial score (nSPS) is 34.6. The predicted molar refractivity (Wildman–Crippen MR) is 163 cm³/mol. The van der Waals surface area contributed by atoms with Gasteiger partial charge in [-0.05, 0) is 32.9 Å².